The number of benzene rings is 1. The number of nitrogens with zero attached hydrogens (tertiary/aromatic N) is 1. The van der Waals surface area contributed by atoms with Gasteiger partial charge in [0.05, 0.1) is 4.47 Å². The van der Waals surface area contributed by atoms with Crippen molar-refractivity contribution < 1.29 is 9.53 Å². The van der Waals surface area contributed by atoms with Gasteiger partial charge in [0.25, 0.3) is 5.91 Å². The Morgan fingerprint density at radius 1 is 1.29 bits per heavy atom. The van der Waals surface area contributed by atoms with Gasteiger partial charge in [-0.2, -0.15) is 0 Å². The van der Waals surface area contributed by atoms with Crippen molar-refractivity contribution in [3.8, 4) is 5.75 Å². The number of hydrogen-bond donors (Lipinski definition) is 1. The number of anilines is 1. The fraction of sp³-hybridized carbons (Fsp3) is 0.200. The third-order valence-electron chi connectivity index (χ3n) is 2.72. The first-order valence-corrected chi connectivity index (χ1v) is 7.85. The summed E-state index contributed by atoms with van der Waals surface area (Å²) in [6.07, 6.45) is 1.62. The van der Waals surface area contributed by atoms with Crippen molar-refractivity contribution in [2.45, 2.75) is 13.8 Å². The van der Waals surface area contributed by atoms with Gasteiger partial charge in [-0.1, -0.05) is 6.07 Å². The summed E-state index contributed by atoms with van der Waals surface area (Å²) in [4.78, 5) is 15.9. The smallest absolute Gasteiger partial charge is 0.263 e. The zero-order valence-corrected chi connectivity index (χ0v) is 14.8. The topological polar surface area (TPSA) is 51.2 Å². The minimum atomic E-state index is -0.253. The quantitative estimate of drug-likeness (QED) is 0.815. The lowest BCUT2D eigenvalue weighted by Crippen LogP contribution is -2.21. The third-order valence-corrected chi connectivity index (χ3v) is 3.77. The predicted molar refractivity (Wildman–Crippen MR) is 89.7 cm³/mol. The Bertz CT molecular complexity index is 634. The molecule has 110 valence electrons. The van der Waals surface area contributed by atoms with Gasteiger partial charge in [-0.25, -0.2) is 4.98 Å². The van der Waals surface area contributed by atoms with E-state index in [1.807, 2.05) is 32.0 Å². The first-order valence-electron chi connectivity index (χ1n) is 6.26. The Balaban J connectivity index is 1.97. The number of aromatic nitrogens is 1. The molecule has 0 aliphatic carbocycles. The van der Waals surface area contributed by atoms with Crippen molar-refractivity contribution in [3.63, 3.8) is 0 Å². The van der Waals surface area contributed by atoms with E-state index in [1.54, 1.807) is 12.3 Å². The van der Waals surface area contributed by atoms with Gasteiger partial charge in [0.15, 0.2) is 6.61 Å². The van der Waals surface area contributed by atoms with E-state index in [-0.39, 0.29) is 12.5 Å². The summed E-state index contributed by atoms with van der Waals surface area (Å²) in [7, 11) is 0. The summed E-state index contributed by atoms with van der Waals surface area (Å²) >= 11 is 6.74. The number of rotatable bonds is 4. The second kappa shape index (κ2) is 7.04. The van der Waals surface area contributed by atoms with Crippen LogP contribution in [-0.4, -0.2) is 17.5 Å². The monoisotopic (exact) mass is 412 g/mol. The zero-order valence-electron chi connectivity index (χ0n) is 11.6. The molecule has 6 heteroatoms. The maximum Gasteiger partial charge on any atom is 0.263 e. The number of amides is 1. The summed E-state index contributed by atoms with van der Waals surface area (Å²) in [6.45, 7) is 3.88. The molecule has 1 aromatic carbocycles. The van der Waals surface area contributed by atoms with Crippen molar-refractivity contribution in [1.29, 1.82) is 0 Å². The minimum absolute atomic E-state index is 0.0692. The molecule has 1 N–H and O–H groups in total. The van der Waals surface area contributed by atoms with Crippen LogP contribution in [0.4, 0.5) is 5.82 Å². The molecular formula is C15H14Br2N2O2. The van der Waals surface area contributed by atoms with E-state index in [9.17, 15) is 4.79 Å². The molecule has 0 bridgehead atoms. The van der Waals surface area contributed by atoms with Crippen molar-refractivity contribution in [1.82, 2.24) is 4.98 Å². The molecule has 1 aromatic heterocycles. The number of aryl methyl sites for hydroxylation is 2. The van der Waals surface area contributed by atoms with Gasteiger partial charge in [0, 0.05) is 10.7 Å². The van der Waals surface area contributed by atoms with Gasteiger partial charge < -0.3 is 10.1 Å². The van der Waals surface area contributed by atoms with Gasteiger partial charge in [0.1, 0.15) is 11.6 Å². The molecule has 2 rings (SSSR count). The number of carbonyl (C=O) groups is 1. The van der Waals surface area contributed by atoms with E-state index < -0.39 is 0 Å². The van der Waals surface area contributed by atoms with E-state index in [1.165, 1.54) is 0 Å². The van der Waals surface area contributed by atoms with Gasteiger partial charge in [0.2, 0.25) is 0 Å². The normalized spacial score (nSPS) is 10.3. The van der Waals surface area contributed by atoms with Crippen molar-refractivity contribution in [3.05, 3.63) is 50.5 Å². The Morgan fingerprint density at radius 3 is 2.67 bits per heavy atom. The molecule has 0 radical (unpaired) electrons. The number of hydrogen-bond acceptors (Lipinski definition) is 3. The van der Waals surface area contributed by atoms with Crippen molar-refractivity contribution >= 4 is 43.6 Å². The van der Waals surface area contributed by atoms with E-state index in [2.05, 4.69) is 42.2 Å². The SMILES string of the molecule is Cc1cc(C)c(OCC(=O)Nc2ccc(Br)cn2)c(Br)c1. The van der Waals surface area contributed by atoms with Gasteiger partial charge in [-0.05, 0) is 75.0 Å². The van der Waals surface area contributed by atoms with Crippen LogP contribution >= 0.6 is 31.9 Å². The fourth-order valence-electron chi connectivity index (χ4n) is 1.85. The fourth-order valence-corrected chi connectivity index (χ4v) is 2.87. The van der Waals surface area contributed by atoms with E-state index in [0.29, 0.717) is 11.6 Å². The third kappa shape index (κ3) is 4.54. The molecule has 0 spiro atoms. The highest BCUT2D eigenvalue weighted by atomic mass is 79.9. The first kappa shape index (κ1) is 16.0. The molecule has 0 saturated heterocycles. The number of ether oxygens (including phenoxy) is 1. The Morgan fingerprint density at radius 2 is 2.05 bits per heavy atom. The number of pyridine rings is 1. The summed E-state index contributed by atoms with van der Waals surface area (Å²) in [5, 5.41) is 2.68. The summed E-state index contributed by atoms with van der Waals surface area (Å²) in [5.74, 6) is 0.919. The first-order chi connectivity index (χ1) is 9.95. The molecule has 1 heterocycles. The van der Waals surface area contributed by atoms with Crippen LogP contribution in [0.15, 0.2) is 39.4 Å². The summed E-state index contributed by atoms with van der Waals surface area (Å²) in [6, 6.07) is 7.49. The van der Waals surface area contributed by atoms with Crippen LogP contribution in [0, 0.1) is 13.8 Å². The molecule has 4 nitrogen and oxygen atoms in total. The van der Waals surface area contributed by atoms with Crippen LogP contribution in [0.2, 0.25) is 0 Å². The Hall–Kier alpha value is -1.40. The number of carbonyl (C=O) groups excluding carboxylic acids is 1. The van der Waals surface area contributed by atoms with Gasteiger partial charge in [-0.15, -0.1) is 0 Å². The van der Waals surface area contributed by atoms with Crippen LogP contribution in [-0.2, 0) is 4.79 Å². The Kier molecular flexibility index (Phi) is 5.36. The molecule has 0 atom stereocenters. The van der Waals surface area contributed by atoms with Crippen LogP contribution in [0.25, 0.3) is 0 Å². The molecule has 1 amide bonds. The second-order valence-corrected chi connectivity index (χ2v) is 6.36. The van der Waals surface area contributed by atoms with E-state index in [0.717, 1.165) is 20.1 Å². The van der Waals surface area contributed by atoms with Crippen molar-refractivity contribution in [2.24, 2.45) is 0 Å². The molecule has 0 saturated carbocycles. The largest absolute Gasteiger partial charge is 0.482 e. The highest BCUT2D eigenvalue weighted by Gasteiger charge is 2.09. The van der Waals surface area contributed by atoms with E-state index in [4.69, 9.17) is 4.74 Å². The molecule has 0 aliphatic heterocycles. The van der Waals surface area contributed by atoms with Gasteiger partial charge >= 0.3 is 0 Å². The molecule has 21 heavy (non-hydrogen) atoms. The van der Waals surface area contributed by atoms with Gasteiger partial charge in [-0.3, -0.25) is 4.79 Å². The molecule has 2 aromatic rings. The highest BCUT2D eigenvalue weighted by molar-refractivity contribution is 9.10. The lowest BCUT2D eigenvalue weighted by atomic mass is 10.1. The average molecular weight is 414 g/mol. The van der Waals surface area contributed by atoms with Crippen molar-refractivity contribution in [2.75, 3.05) is 11.9 Å². The lowest BCUT2D eigenvalue weighted by Gasteiger charge is -2.12. The van der Waals surface area contributed by atoms with Crippen LogP contribution in [0.5, 0.6) is 5.75 Å². The highest BCUT2D eigenvalue weighted by Crippen LogP contribution is 2.30. The Labute approximate surface area is 140 Å². The summed E-state index contributed by atoms with van der Waals surface area (Å²) < 4.78 is 7.28. The zero-order chi connectivity index (χ0) is 15.4. The standard InChI is InChI=1S/C15H14Br2N2O2/c1-9-5-10(2)15(12(17)6-9)21-8-14(20)19-13-4-3-11(16)7-18-13/h3-7H,8H2,1-2H3,(H,18,19,20). The maximum absolute atomic E-state index is 11.9. The average Bonchev–Trinajstić information content (AvgIpc) is 2.40. The molecule has 0 fully saturated rings. The minimum Gasteiger partial charge on any atom is -0.482 e. The lowest BCUT2D eigenvalue weighted by molar-refractivity contribution is -0.118. The summed E-state index contributed by atoms with van der Waals surface area (Å²) in [5.41, 5.74) is 2.12. The second-order valence-electron chi connectivity index (χ2n) is 4.59. The molecular weight excluding hydrogens is 400 g/mol. The molecule has 0 unspecified atom stereocenters. The van der Waals surface area contributed by atoms with Crippen LogP contribution in [0.3, 0.4) is 0 Å². The number of nitrogens with one attached hydrogen (secondary N) is 1. The maximum atomic E-state index is 11.9. The number of halogens is 2. The van der Waals surface area contributed by atoms with Crippen LogP contribution < -0.4 is 10.1 Å². The van der Waals surface area contributed by atoms with Crippen LogP contribution in [0.1, 0.15) is 11.1 Å². The molecule has 0 aliphatic rings. The van der Waals surface area contributed by atoms with E-state index >= 15 is 0 Å². The predicted octanol–water partition coefficient (Wildman–Crippen LogP) is 4.24.